The number of benzene rings is 1. The first kappa shape index (κ1) is 23.4. The first-order chi connectivity index (χ1) is 13.7. The van der Waals surface area contributed by atoms with E-state index in [9.17, 15) is 4.79 Å². The Morgan fingerprint density at radius 1 is 1.10 bits per heavy atom. The van der Waals surface area contributed by atoms with Crippen LogP contribution in [0.25, 0.3) is 0 Å². The highest BCUT2D eigenvalue weighted by atomic mass is 28.4. The Morgan fingerprint density at radius 2 is 1.69 bits per heavy atom. The van der Waals surface area contributed by atoms with Crippen molar-refractivity contribution >= 4 is 20.4 Å². The highest BCUT2D eigenvalue weighted by molar-refractivity contribution is 6.77. The summed E-state index contributed by atoms with van der Waals surface area (Å²) < 4.78 is 17.5. The molecular weight excluding hydrogens is 382 g/mol. The predicted octanol–water partition coefficient (Wildman–Crippen LogP) is 5.58. The van der Waals surface area contributed by atoms with E-state index < -0.39 is 19.8 Å². The second kappa shape index (κ2) is 9.72. The van der Waals surface area contributed by atoms with Gasteiger partial charge in [-0.2, -0.15) is 4.99 Å². The molecule has 1 aliphatic heterocycles. The number of nitrogens with zero attached hydrogens (tertiary/aromatic N) is 1. The van der Waals surface area contributed by atoms with Crippen LogP contribution >= 0.6 is 0 Å². The summed E-state index contributed by atoms with van der Waals surface area (Å²) in [7, 11) is -2.04. The Labute approximate surface area is 176 Å². The van der Waals surface area contributed by atoms with Gasteiger partial charge in [0.1, 0.15) is 6.61 Å². The van der Waals surface area contributed by atoms with Crippen LogP contribution in [0.2, 0.25) is 16.6 Å². The fourth-order valence-corrected chi connectivity index (χ4v) is 10.1. The number of esters is 1. The normalized spacial score (nSPS) is 19.6. The largest absolute Gasteiger partial charge is 0.446 e. The molecule has 0 fully saturated rings. The zero-order valence-corrected chi connectivity index (χ0v) is 19.6. The van der Waals surface area contributed by atoms with Gasteiger partial charge in [0.2, 0.25) is 0 Å². The van der Waals surface area contributed by atoms with Gasteiger partial charge in [-0.3, -0.25) is 0 Å². The van der Waals surface area contributed by atoms with Gasteiger partial charge in [0.15, 0.2) is 13.9 Å². The number of hydrogen-bond donors (Lipinski definition) is 0. The molecule has 0 aliphatic carbocycles. The van der Waals surface area contributed by atoms with Crippen molar-refractivity contribution in [2.24, 2.45) is 4.99 Å². The molecule has 29 heavy (non-hydrogen) atoms. The van der Waals surface area contributed by atoms with Crippen LogP contribution in [0.5, 0.6) is 0 Å². The lowest BCUT2D eigenvalue weighted by atomic mass is 9.88. The Kier molecular flexibility index (Phi) is 7.83. The quantitative estimate of drug-likeness (QED) is 0.283. The zero-order chi connectivity index (χ0) is 21.7. The molecule has 2 rings (SSSR count). The molecule has 6 heteroatoms. The summed E-state index contributed by atoms with van der Waals surface area (Å²) in [6.07, 6.45) is 2.01. The summed E-state index contributed by atoms with van der Waals surface area (Å²) in [5.41, 5.74) is 1.07. The third-order valence-electron chi connectivity index (χ3n) is 5.90. The molecule has 1 aliphatic rings. The first-order valence-electron chi connectivity index (χ1n) is 10.5. The van der Waals surface area contributed by atoms with Crippen molar-refractivity contribution in [1.82, 2.24) is 0 Å². The van der Waals surface area contributed by atoms with Crippen LogP contribution in [0, 0.1) is 0 Å². The lowest BCUT2D eigenvalue weighted by molar-refractivity contribution is -0.141. The van der Waals surface area contributed by atoms with Crippen LogP contribution in [0.4, 0.5) is 0 Å². The van der Waals surface area contributed by atoms with Crippen LogP contribution in [0.15, 0.2) is 48.0 Å². The van der Waals surface area contributed by atoms with Crippen LogP contribution in [0.3, 0.4) is 0 Å². The van der Waals surface area contributed by atoms with Gasteiger partial charge < -0.3 is 13.9 Å². The average molecular weight is 418 g/mol. The minimum atomic E-state index is -2.04. The highest BCUT2D eigenvalue weighted by Crippen LogP contribution is 2.43. The molecule has 0 spiro atoms. The Morgan fingerprint density at radius 3 is 2.21 bits per heavy atom. The third-order valence-corrected chi connectivity index (χ3v) is 12.0. The van der Waals surface area contributed by atoms with Gasteiger partial charge in [-0.05, 0) is 22.2 Å². The average Bonchev–Trinajstić information content (AvgIpc) is 3.00. The van der Waals surface area contributed by atoms with E-state index in [4.69, 9.17) is 13.9 Å². The summed E-state index contributed by atoms with van der Waals surface area (Å²) >= 11 is 0. The molecule has 5 nitrogen and oxygen atoms in total. The Bertz CT molecular complexity index is 708. The molecule has 0 aromatic heterocycles. The van der Waals surface area contributed by atoms with Gasteiger partial charge in [0.05, 0.1) is 0 Å². The molecule has 1 atom stereocenters. The maximum absolute atomic E-state index is 12.9. The van der Waals surface area contributed by atoms with E-state index in [1.54, 1.807) is 6.08 Å². The topological polar surface area (TPSA) is 57.1 Å². The fourth-order valence-electron chi connectivity index (χ4n) is 4.65. The number of ether oxygens (including phenoxy) is 2. The van der Waals surface area contributed by atoms with Crippen molar-refractivity contribution in [3.8, 4) is 0 Å². The van der Waals surface area contributed by atoms with Crippen molar-refractivity contribution in [3.05, 3.63) is 48.6 Å². The maximum Gasteiger partial charge on any atom is 0.393 e. The van der Waals surface area contributed by atoms with Gasteiger partial charge in [-0.1, -0.05) is 84.5 Å². The first-order valence-corrected chi connectivity index (χ1v) is 12.6. The molecule has 160 valence electrons. The molecular formula is C23H35NO4Si. The number of aliphatic imine (C=N–C) groups is 1. The molecule has 0 N–H and O–H groups in total. The summed E-state index contributed by atoms with van der Waals surface area (Å²) in [6.45, 7) is 17.8. The van der Waals surface area contributed by atoms with Crippen molar-refractivity contribution in [2.75, 3.05) is 13.2 Å². The summed E-state index contributed by atoms with van der Waals surface area (Å²) in [6, 6.07) is 9.52. The SMILES string of the molecule is C=CCOC1=NC(CCO[Si](C(C)C)(C(C)C)C(C)C)(c2ccccc2)C(=O)O1. The molecule has 1 aromatic carbocycles. The van der Waals surface area contributed by atoms with Crippen LogP contribution in [-0.4, -0.2) is 33.6 Å². The molecule has 1 aromatic rings. The summed E-state index contributed by atoms with van der Waals surface area (Å²) in [4.78, 5) is 17.5. The van der Waals surface area contributed by atoms with Crippen molar-refractivity contribution in [2.45, 2.75) is 70.1 Å². The third kappa shape index (κ3) is 4.64. The fraction of sp³-hybridized carbons (Fsp3) is 0.565. The van der Waals surface area contributed by atoms with E-state index in [2.05, 4.69) is 53.1 Å². The van der Waals surface area contributed by atoms with Crippen LogP contribution in [0.1, 0.15) is 53.5 Å². The number of cyclic esters (lactones) is 1. The number of hydrogen-bond acceptors (Lipinski definition) is 5. The lowest BCUT2D eigenvalue weighted by Gasteiger charge is -2.42. The molecule has 0 saturated heterocycles. The molecule has 0 amide bonds. The van der Waals surface area contributed by atoms with E-state index in [-0.39, 0.29) is 12.7 Å². The van der Waals surface area contributed by atoms with Crippen molar-refractivity contribution in [3.63, 3.8) is 0 Å². The second-order valence-corrected chi connectivity index (χ2v) is 14.0. The predicted molar refractivity (Wildman–Crippen MR) is 119 cm³/mol. The minimum absolute atomic E-state index is 0.00107. The Hall–Kier alpha value is -1.92. The van der Waals surface area contributed by atoms with Crippen LogP contribution in [-0.2, 0) is 24.2 Å². The van der Waals surface area contributed by atoms with E-state index in [1.165, 1.54) is 0 Å². The minimum Gasteiger partial charge on any atom is -0.446 e. The monoisotopic (exact) mass is 417 g/mol. The standard InChI is InChI=1S/C23H35NO4Si/c1-8-15-26-22-24-23(21(25)28-22,20-12-10-9-11-13-20)14-16-27-29(17(2)3,18(4)5)19(6)7/h8-13,17-19H,1,14-16H2,2-7H3. The lowest BCUT2D eigenvalue weighted by Crippen LogP contribution is -2.48. The second-order valence-electron chi connectivity index (χ2n) is 8.51. The number of carbonyl (C=O) groups is 1. The molecule has 0 radical (unpaired) electrons. The summed E-state index contributed by atoms with van der Waals surface area (Å²) in [5, 5.41) is 0. The molecule has 1 unspecified atom stereocenters. The van der Waals surface area contributed by atoms with E-state index in [0.29, 0.717) is 29.7 Å². The van der Waals surface area contributed by atoms with Gasteiger partial charge in [-0.15, -0.1) is 0 Å². The smallest absolute Gasteiger partial charge is 0.393 e. The van der Waals surface area contributed by atoms with Crippen molar-refractivity contribution in [1.29, 1.82) is 0 Å². The number of rotatable bonds is 10. The maximum atomic E-state index is 12.9. The highest BCUT2D eigenvalue weighted by Gasteiger charge is 2.50. The molecule has 0 saturated carbocycles. The van der Waals surface area contributed by atoms with Crippen molar-refractivity contribution < 1.29 is 18.7 Å². The zero-order valence-electron chi connectivity index (χ0n) is 18.6. The molecule has 1 heterocycles. The van der Waals surface area contributed by atoms with Gasteiger partial charge in [0, 0.05) is 13.0 Å². The van der Waals surface area contributed by atoms with Crippen LogP contribution < -0.4 is 0 Å². The van der Waals surface area contributed by atoms with E-state index in [1.807, 2.05) is 30.3 Å². The number of carbonyl (C=O) groups excluding carboxylic acids is 1. The van der Waals surface area contributed by atoms with Gasteiger partial charge in [0.25, 0.3) is 0 Å². The van der Waals surface area contributed by atoms with Gasteiger partial charge >= 0.3 is 12.1 Å². The molecule has 0 bridgehead atoms. The van der Waals surface area contributed by atoms with E-state index in [0.717, 1.165) is 5.56 Å². The van der Waals surface area contributed by atoms with E-state index >= 15 is 0 Å². The Balaban J connectivity index is 2.32. The summed E-state index contributed by atoms with van der Waals surface area (Å²) in [5.74, 6) is -0.419. The van der Waals surface area contributed by atoms with Gasteiger partial charge in [-0.25, -0.2) is 4.79 Å².